The number of benzene rings is 2. The van der Waals surface area contributed by atoms with Gasteiger partial charge in [0.25, 0.3) is 5.56 Å². The molecule has 2 aromatic carbocycles. The Morgan fingerprint density at radius 3 is 2.61 bits per heavy atom. The molecule has 0 saturated carbocycles. The number of amides is 1. The lowest BCUT2D eigenvalue weighted by atomic mass is 10.1. The molecule has 182 valence electrons. The summed E-state index contributed by atoms with van der Waals surface area (Å²) in [7, 11) is 0. The van der Waals surface area contributed by atoms with Crippen LogP contribution >= 0.6 is 23.1 Å². The molecule has 10 heteroatoms. The largest absolute Gasteiger partial charge is 0.325 e. The number of anilines is 1. The van der Waals surface area contributed by atoms with Crippen molar-refractivity contribution in [3.05, 3.63) is 93.9 Å². The normalized spacial score (nSPS) is 11.3. The molecule has 3 heterocycles. The van der Waals surface area contributed by atoms with E-state index in [2.05, 4.69) is 17.2 Å². The van der Waals surface area contributed by atoms with Gasteiger partial charge in [0.2, 0.25) is 5.91 Å². The van der Waals surface area contributed by atoms with Gasteiger partial charge in [-0.3, -0.25) is 14.2 Å². The minimum absolute atomic E-state index is 0.0773. The molecular weight excluding hydrogens is 502 g/mol. The number of thiophene rings is 1. The second-order valence-corrected chi connectivity index (χ2v) is 10.00. The maximum Gasteiger partial charge on any atom is 0.272 e. The lowest BCUT2D eigenvalue weighted by molar-refractivity contribution is -0.113. The van der Waals surface area contributed by atoms with Crippen LogP contribution in [0.3, 0.4) is 0 Å². The Bertz CT molecular complexity index is 1650. The van der Waals surface area contributed by atoms with Crippen LogP contribution in [0.15, 0.2) is 70.7 Å². The number of nitrogens with zero attached hydrogens (tertiary/aromatic N) is 3. The van der Waals surface area contributed by atoms with Crippen molar-refractivity contribution < 1.29 is 13.6 Å². The van der Waals surface area contributed by atoms with Crippen LogP contribution in [0.25, 0.3) is 20.4 Å². The van der Waals surface area contributed by atoms with Crippen LogP contribution in [-0.2, 0) is 17.8 Å². The van der Waals surface area contributed by atoms with Gasteiger partial charge in [0.05, 0.1) is 17.8 Å². The molecule has 36 heavy (non-hydrogen) atoms. The first kappa shape index (κ1) is 24.1. The van der Waals surface area contributed by atoms with Crippen molar-refractivity contribution in [3.63, 3.8) is 0 Å². The summed E-state index contributed by atoms with van der Waals surface area (Å²) in [5, 5.41) is 3.71. The smallest absolute Gasteiger partial charge is 0.272 e. The van der Waals surface area contributed by atoms with Gasteiger partial charge >= 0.3 is 0 Å². The molecule has 5 rings (SSSR count). The van der Waals surface area contributed by atoms with Crippen molar-refractivity contribution in [1.82, 2.24) is 14.5 Å². The first-order valence-electron chi connectivity index (χ1n) is 11.2. The zero-order valence-electron chi connectivity index (χ0n) is 19.1. The van der Waals surface area contributed by atoms with Crippen molar-refractivity contribution in [3.8, 4) is 0 Å². The molecular formula is C26H20F2N4O2S2. The molecule has 3 aromatic heterocycles. The number of pyridine rings is 1. The maximum absolute atomic E-state index is 13.6. The number of carbonyl (C=O) groups excluding carboxylic acids is 1. The Morgan fingerprint density at radius 1 is 1.08 bits per heavy atom. The molecule has 5 aromatic rings. The number of hydrogen-bond donors (Lipinski definition) is 1. The monoisotopic (exact) mass is 522 g/mol. The zero-order chi connectivity index (χ0) is 25.2. The van der Waals surface area contributed by atoms with E-state index in [9.17, 15) is 18.4 Å². The third-order valence-electron chi connectivity index (χ3n) is 5.63. The van der Waals surface area contributed by atoms with Crippen LogP contribution in [0.4, 0.5) is 14.5 Å². The fourth-order valence-electron chi connectivity index (χ4n) is 3.75. The molecule has 0 unspecified atom stereocenters. The lowest BCUT2D eigenvalue weighted by Gasteiger charge is -2.13. The fourth-order valence-corrected chi connectivity index (χ4v) is 5.58. The number of carbonyl (C=O) groups is 1. The van der Waals surface area contributed by atoms with Gasteiger partial charge in [-0.25, -0.2) is 18.7 Å². The predicted octanol–water partition coefficient (Wildman–Crippen LogP) is 5.63. The number of halogens is 2. The van der Waals surface area contributed by atoms with E-state index in [1.165, 1.54) is 23.0 Å². The number of fused-ring (bicyclic) bond motifs is 3. The minimum atomic E-state index is -1.05. The van der Waals surface area contributed by atoms with Crippen molar-refractivity contribution in [2.75, 3.05) is 11.1 Å². The number of aromatic nitrogens is 3. The maximum atomic E-state index is 13.6. The molecule has 0 aliphatic carbocycles. The number of aryl methyl sites for hydroxylation is 1. The van der Waals surface area contributed by atoms with Crippen LogP contribution in [-0.4, -0.2) is 26.2 Å². The van der Waals surface area contributed by atoms with E-state index >= 15 is 0 Å². The van der Waals surface area contributed by atoms with Gasteiger partial charge in [-0.2, -0.15) is 0 Å². The highest BCUT2D eigenvalue weighted by atomic mass is 32.2. The van der Waals surface area contributed by atoms with Gasteiger partial charge < -0.3 is 5.32 Å². The summed E-state index contributed by atoms with van der Waals surface area (Å²) in [6, 6.07) is 14.8. The first-order chi connectivity index (χ1) is 17.4. The second kappa shape index (κ2) is 10.2. The Hall–Kier alpha value is -3.63. The number of rotatable bonds is 7. The van der Waals surface area contributed by atoms with Crippen LogP contribution < -0.4 is 10.9 Å². The van der Waals surface area contributed by atoms with Gasteiger partial charge in [-0.1, -0.05) is 43.0 Å². The predicted molar refractivity (Wildman–Crippen MR) is 140 cm³/mol. The highest BCUT2D eigenvalue weighted by Crippen LogP contribution is 2.30. The molecule has 0 atom stereocenters. The van der Waals surface area contributed by atoms with Crippen LogP contribution in [0, 0.1) is 11.6 Å². The minimum Gasteiger partial charge on any atom is -0.325 e. The average Bonchev–Trinajstić information content (AvgIpc) is 3.26. The van der Waals surface area contributed by atoms with Crippen molar-refractivity contribution >= 4 is 55.1 Å². The topological polar surface area (TPSA) is 76.9 Å². The quantitative estimate of drug-likeness (QED) is 0.222. The standard InChI is InChI=1S/C26H20F2N4O2S2/c1-2-15-5-7-16(8-6-15)13-32-25(34)23-22(18-4-3-11-29-24(18)36-23)31-26(32)35-14-21(33)30-17-9-10-19(27)20(28)12-17/h3-12H,2,13-14H2,1H3,(H,30,33). The SMILES string of the molecule is CCc1ccc(Cn2c(SCC(=O)Nc3ccc(F)c(F)c3)nc3c(sc4ncccc43)c2=O)cc1. The number of nitrogens with one attached hydrogen (secondary N) is 1. The molecule has 0 bridgehead atoms. The van der Waals surface area contributed by atoms with E-state index in [0.717, 1.165) is 41.3 Å². The third-order valence-corrected chi connectivity index (χ3v) is 7.69. The summed E-state index contributed by atoms with van der Waals surface area (Å²) in [5.74, 6) is -2.55. The highest BCUT2D eigenvalue weighted by Gasteiger charge is 2.18. The van der Waals surface area contributed by atoms with Gasteiger partial charge in [0.15, 0.2) is 16.8 Å². The molecule has 0 aliphatic heterocycles. The molecule has 6 nitrogen and oxygen atoms in total. The van der Waals surface area contributed by atoms with Gasteiger partial charge in [-0.05, 0) is 41.8 Å². The van der Waals surface area contributed by atoms with E-state index < -0.39 is 17.5 Å². The number of thioether (sulfide) groups is 1. The fraction of sp³-hybridized carbons (Fsp3) is 0.154. The Kier molecular flexibility index (Phi) is 6.80. The second-order valence-electron chi connectivity index (χ2n) is 8.06. The van der Waals surface area contributed by atoms with Crippen LogP contribution in [0.1, 0.15) is 18.1 Å². The Labute approximate surface area is 213 Å². The van der Waals surface area contributed by atoms with E-state index in [1.54, 1.807) is 16.8 Å². The van der Waals surface area contributed by atoms with E-state index in [1.807, 2.05) is 30.3 Å². The van der Waals surface area contributed by atoms with Gasteiger partial charge in [-0.15, -0.1) is 11.3 Å². The summed E-state index contributed by atoms with van der Waals surface area (Å²) in [5.41, 5.74) is 2.62. The summed E-state index contributed by atoms with van der Waals surface area (Å²) in [6.07, 6.45) is 2.58. The lowest BCUT2D eigenvalue weighted by Crippen LogP contribution is -2.24. The summed E-state index contributed by atoms with van der Waals surface area (Å²) in [4.78, 5) is 36.0. The molecule has 0 fully saturated rings. The third kappa shape index (κ3) is 4.87. The molecule has 0 saturated heterocycles. The first-order valence-corrected chi connectivity index (χ1v) is 13.0. The van der Waals surface area contributed by atoms with Crippen molar-refractivity contribution in [2.45, 2.75) is 25.0 Å². The van der Waals surface area contributed by atoms with E-state index in [-0.39, 0.29) is 17.0 Å². The Balaban J connectivity index is 1.48. The molecule has 1 amide bonds. The highest BCUT2D eigenvalue weighted by molar-refractivity contribution is 7.99. The summed E-state index contributed by atoms with van der Waals surface area (Å²) < 4.78 is 28.7. The van der Waals surface area contributed by atoms with Crippen molar-refractivity contribution in [2.24, 2.45) is 0 Å². The van der Waals surface area contributed by atoms with Gasteiger partial charge in [0, 0.05) is 23.3 Å². The average molecular weight is 523 g/mol. The van der Waals surface area contributed by atoms with Gasteiger partial charge in [0.1, 0.15) is 9.53 Å². The number of hydrogen-bond acceptors (Lipinski definition) is 6. The van der Waals surface area contributed by atoms with Crippen LogP contribution in [0.5, 0.6) is 0 Å². The van der Waals surface area contributed by atoms with Crippen molar-refractivity contribution in [1.29, 1.82) is 0 Å². The van der Waals surface area contributed by atoms with E-state index in [0.29, 0.717) is 26.7 Å². The molecule has 0 aliphatic rings. The van der Waals surface area contributed by atoms with E-state index in [4.69, 9.17) is 4.98 Å². The zero-order valence-corrected chi connectivity index (χ0v) is 20.8. The summed E-state index contributed by atoms with van der Waals surface area (Å²) in [6.45, 7) is 2.37. The summed E-state index contributed by atoms with van der Waals surface area (Å²) >= 11 is 2.40. The molecule has 1 N–H and O–H groups in total. The van der Waals surface area contributed by atoms with Crippen LogP contribution in [0.2, 0.25) is 0 Å². The molecule has 0 spiro atoms. The molecule has 0 radical (unpaired) electrons. The Morgan fingerprint density at radius 2 is 1.86 bits per heavy atom.